The lowest BCUT2D eigenvalue weighted by Crippen LogP contribution is -2.25. The van der Waals surface area contributed by atoms with Crippen LogP contribution in [0.5, 0.6) is 0 Å². The maximum atomic E-state index is 13.0. The van der Waals surface area contributed by atoms with Crippen molar-refractivity contribution in [1.82, 2.24) is 9.78 Å². The first kappa shape index (κ1) is 24.1. The highest BCUT2D eigenvalue weighted by molar-refractivity contribution is 6.35. The van der Waals surface area contributed by atoms with Gasteiger partial charge in [0.2, 0.25) is 0 Å². The molecule has 9 heteroatoms. The second kappa shape index (κ2) is 9.53. The van der Waals surface area contributed by atoms with Gasteiger partial charge in [0.25, 0.3) is 0 Å². The van der Waals surface area contributed by atoms with Crippen LogP contribution in [0.4, 0.5) is 0 Å². The average Bonchev–Trinajstić information content (AvgIpc) is 3.08. The molecule has 3 aromatic rings. The van der Waals surface area contributed by atoms with Crippen molar-refractivity contribution in [2.75, 3.05) is 6.61 Å². The van der Waals surface area contributed by atoms with Crippen LogP contribution >= 0.6 is 34.8 Å². The average molecular weight is 496 g/mol. The summed E-state index contributed by atoms with van der Waals surface area (Å²) in [5.41, 5.74) is 0.284. The van der Waals surface area contributed by atoms with Gasteiger partial charge in [0.05, 0.1) is 23.0 Å². The number of nitrogens with zero attached hydrogens (tertiary/aromatic N) is 2. The van der Waals surface area contributed by atoms with E-state index < -0.39 is 17.5 Å². The minimum atomic E-state index is -0.800. The van der Waals surface area contributed by atoms with Gasteiger partial charge >= 0.3 is 11.9 Å². The third-order valence-corrected chi connectivity index (χ3v) is 5.00. The van der Waals surface area contributed by atoms with E-state index in [2.05, 4.69) is 5.10 Å². The topological polar surface area (TPSA) is 70.4 Å². The molecule has 0 N–H and O–H groups in total. The lowest BCUT2D eigenvalue weighted by Gasteiger charge is -2.18. The zero-order valence-corrected chi connectivity index (χ0v) is 20.2. The standard InChI is InChI=1S/C23H21Cl3N2O4/c1-5-31-21(29)18-19(22(30)32-23(2,3)4)27-28(17-11-10-15(25)12-16(17)26)20(18)13-6-8-14(24)9-7-13/h6-12H,5H2,1-4H3. The third kappa shape index (κ3) is 5.26. The summed E-state index contributed by atoms with van der Waals surface area (Å²) in [6, 6.07) is 11.6. The number of aromatic nitrogens is 2. The van der Waals surface area contributed by atoms with E-state index in [0.29, 0.717) is 27.0 Å². The lowest BCUT2D eigenvalue weighted by molar-refractivity contribution is 0.00573. The Hall–Kier alpha value is -2.54. The Kier molecular flexibility index (Phi) is 7.18. The Morgan fingerprint density at radius 3 is 2.16 bits per heavy atom. The molecule has 0 bridgehead atoms. The van der Waals surface area contributed by atoms with Gasteiger partial charge in [-0.1, -0.05) is 46.9 Å². The van der Waals surface area contributed by atoms with Gasteiger partial charge in [-0.05, 0) is 58.0 Å². The van der Waals surface area contributed by atoms with Gasteiger partial charge in [-0.25, -0.2) is 14.3 Å². The van der Waals surface area contributed by atoms with Crippen LogP contribution < -0.4 is 0 Å². The van der Waals surface area contributed by atoms with Crippen LogP contribution in [0.2, 0.25) is 15.1 Å². The molecule has 6 nitrogen and oxygen atoms in total. The van der Waals surface area contributed by atoms with Gasteiger partial charge in [0.15, 0.2) is 5.69 Å². The molecule has 3 rings (SSSR count). The summed E-state index contributed by atoms with van der Waals surface area (Å²) < 4.78 is 12.2. The largest absolute Gasteiger partial charge is 0.462 e. The van der Waals surface area contributed by atoms with Crippen molar-refractivity contribution in [3.63, 3.8) is 0 Å². The number of hydrogen-bond acceptors (Lipinski definition) is 5. The normalized spacial score (nSPS) is 11.3. The maximum absolute atomic E-state index is 13.0. The fourth-order valence-electron chi connectivity index (χ4n) is 2.99. The second-order valence-corrected chi connectivity index (χ2v) is 9.09. The molecule has 1 heterocycles. The van der Waals surface area contributed by atoms with Crippen molar-refractivity contribution in [3.8, 4) is 16.9 Å². The van der Waals surface area contributed by atoms with E-state index in [1.807, 2.05) is 0 Å². The fraction of sp³-hybridized carbons (Fsp3) is 0.261. The monoisotopic (exact) mass is 494 g/mol. The Morgan fingerprint density at radius 2 is 1.59 bits per heavy atom. The van der Waals surface area contributed by atoms with Gasteiger partial charge in [-0.15, -0.1) is 0 Å². The number of carbonyl (C=O) groups is 2. The van der Waals surface area contributed by atoms with Crippen molar-refractivity contribution in [3.05, 3.63) is 68.8 Å². The summed E-state index contributed by atoms with van der Waals surface area (Å²) in [7, 11) is 0. The fourth-order valence-corrected chi connectivity index (χ4v) is 3.60. The molecule has 0 spiro atoms. The number of hydrogen-bond donors (Lipinski definition) is 0. The summed E-state index contributed by atoms with van der Waals surface area (Å²) in [5.74, 6) is -1.48. The summed E-state index contributed by atoms with van der Waals surface area (Å²) in [6.45, 7) is 6.96. The summed E-state index contributed by atoms with van der Waals surface area (Å²) in [5, 5.41) is 5.65. The predicted molar refractivity (Wildman–Crippen MR) is 125 cm³/mol. The molecule has 0 aliphatic carbocycles. The molecular weight excluding hydrogens is 475 g/mol. The van der Waals surface area contributed by atoms with Gasteiger partial charge in [0, 0.05) is 15.6 Å². The van der Waals surface area contributed by atoms with Crippen molar-refractivity contribution < 1.29 is 19.1 Å². The molecule has 0 atom stereocenters. The van der Waals surface area contributed by atoms with Gasteiger partial charge in [-0.2, -0.15) is 5.10 Å². The van der Waals surface area contributed by atoms with E-state index in [4.69, 9.17) is 44.3 Å². The molecule has 0 amide bonds. The minimum Gasteiger partial charge on any atom is -0.462 e. The number of rotatable bonds is 5. The summed E-state index contributed by atoms with van der Waals surface area (Å²) >= 11 is 18.5. The Labute approximate surface area is 201 Å². The molecule has 0 unspecified atom stereocenters. The molecule has 32 heavy (non-hydrogen) atoms. The van der Waals surface area contributed by atoms with Crippen molar-refractivity contribution >= 4 is 46.7 Å². The Balaban J connectivity index is 2.36. The smallest absolute Gasteiger partial charge is 0.360 e. The van der Waals surface area contributed by atoms with Gasteiger partial charge < -0.3 is 9.47 Å². The summed E-state index contributed by atoms with van der Waals surface area (Å²) in [6.07, 6.45) is 0. The van der Waals surface area contributed by atoms with Gasteiger partial charge in [0.1, 0.15) is 11.2 Å². The molecule has 2 aromatic carbocycles. The SMILES string of the molecule is CCOC(=O)c1c(C(=O)OC(C)(C)C)nn(-c2ccc(Cl)cc2Cl)c1-c1ccc(Cl)cc1. The van der Waals surface area contributed by atoms with Crippen LogP contribution in [-0.2, 0) is 9.47 Å². The number of carbonyl (C=O) groups excluding carboxylic acids is 2. The van der Waals surface area contributed by atoms with Crippen LogP contribution in [0.3, 0.4) is 0 Å². The van der Waals surface area contributed by atoms with E-state index in [1.54, 1.807) is 70.2 Å². The van der Waals surface area contributed by atoms with E-state index >= 15 is 0 Å². The quantitative estimate of drug-likeness (QED) is 0.371. The highest BCUT2D eigenvalue weighted by Gasteiger charge is 2.33. The zero-order chi connectivity index (χ0) is 23.6. The number of halogens is 3. The molecule has 0 radical (unpaired) electrons. The molecule has 168 valence electrons. The number of esters is 2. The predicted octanol–water partition coefficient (Wildman–Crippen LogP) is 6.63. The van der Waals surface area contributed by atoms with E-state index in [9.17, 15) is 9.59 Å². The summed E-state index contributed by atoms with van der Waals surface area (Å²) in [4.78, 5) is 26.0. The van der Waals surface area contributed by atoms with Crippen molar-refractivity contribution in [2.45, 2.75) is 33.3 Å². The zero-order valence-electron chi connectivity index (χ0n) is 17.9. The van der Waals surface area contributed by atoms with Crippen LogP contribution in [0, 0.1) is 0 Å². The van der Waals surface area contributed by atoms with Crippen LogP contribution in [0.25, 0.3) is 16.9 Å². The van der Waals surface area contributed by atoms with Gasteiger partial charge in [-0.3, -0.25) is 0 Å². The first-order chi connectivity index (χ1) is 15.0. The molecule has 0 saturated carbocycles. The first-order valence-electron chi connectivity index (χ1n) is 9.76. The maximum Gasteiger partial charge on any atom is 0.360 e. The van der Waals surface area contributed by atoms with E-state index in [1.165, 1.54) is 4.68 Å². The number of benzene rings is 2. The molecule has 0 saturated heterocycles. The molecular formula is C23H21Cl3N2O4. The highest BCUT2D eigenvalue weighted by Crippen LogP contribution is 2.34. The van der Waals surface area contributed by atoms with E-state index in [0.717, 1.165) is 0 Å². The van der Waals surface area contributed by atoms with Crippen LogP contribution in [0.15, 0.2) is 42.5 Å². The highest BCUT2D eigenvalue weighted by atomic mass is 35.5. The van der Waals surface area contributed by atoms with Crippen molar-refractivity contribution in [1.29, 1.82) is 0 Å². The molecule has 0 aliphatic rings. The molecule has 0 fully saturated rings. The Morgan fingerprint density at radius 1 is 0.969 bits per heavy atom. The Bertz CT molecular complexity index is 1170. The lowest BCUT2D eigenvalue weighted by atomic mass is 10.0. The first-order valence-corrected chi connectivity index (χ1v) is 10.9. The number of ether oxygens (including phenoxy) is 2. The van der Waals surface area contributed by atoms with Crippen LogP contribution in [0.1, 0.15) is 48.5 Å². The van der Waals surface area contributed by atoms with E-state index in [-0.39, 0.29) is 22.9 Å². The molecule has 1 aromatic heterocycles. The minimum absolute atomic E-state index is 0.0329. The third-order valence-electron chi connectivity index (χ3n) is 4.21. The van der Waals surface area contributed by atoms with Crippen LogP contribution in [-0.4, -0.2) is 33.9 Å². The molecule has 0 aliphatic heterocycles. The second-order valence-electron chi connectivity index (χ2n) is 7.81. The van der Waals surface area contributed by atoms with Crippen molar-refractivity contribution in [2.24, 2.45) is 0 Å².